The molecule has 0 radical (unpaired) electrons. The number of carbonyl (C=O) groups is 1. The van der Waals surface area contributed by atoms with Crippen LogP contribution < -0.4 is 4.72 Å². The monoisotopic (exact) mass is 291 g/mol. The Balaban J connectivity index is 4.98. The van der Waals surface area contributed by atoms with Crippen LogP contribution in [-0.2, 0) is 15.0 Å². The summed E-state index contributed by atoms with van der Waals surface area (Å²) in [7, 11) is -3.89. The van der Waals surface area contributed by atoms with Crippen LogP contribution >= 0.6 is 0 Å². The summed E-state index contributed by atoms with van der Waals surface area (Å²) in [5, 5.41) is 17.6. The van der Waals surface area contributed by atoms with Crippen molar-refractivity contribution in [1.29, 1.82) is 5.26 Å². The van der Waals surface area contributed by atoms with Crippen molar-refractivity contribution in [3.05, 3.63) is 0 Å². The number of hydrogen-bond acceptors (Lipinski definition) is 4. The average molecular weight is 291 g/mol. The quantitative estimate of drug-likeness (QED) is 0.644. The molecule has 0 unspecified atom stereocenters. The lowest BCUT2D eigenvalue weighted by Crippen LogP contribution is -2.51. The summed E-state index contributed by atoms with van der Waals surface area (Å²) in [6.45, 7) is 5.34. The van der Waals surface area contributed by atoms with Gasteiger partial charge in [-0.15, -0.1) is 0 Å². The van der Waals surface area contributed by atoms with E-state index in [4.69, 9.17) is 10.4 Å². The maximum atomic E-state index is 12.0. The van der Waals surface area contributed by atoms with Gasteiger partial charge in [0, 0.05) is 19.5 Å². The Morgan fingerprint density at radius 2 is 2.05 bits per heavy atom. The van der Waals surface area contributed by atoms with Gasteiger partial charge in [-0.2, -0.15) is 22.7 Å². The van der Waals surface area contributed by atoms with Crippen LogP contribution in [0.25, 0.3) is 0 Å². The fourth-order valence-electron chi connectivity index (χ4n) is 1.50. The number of aliphatic carboxylic acids is 1. The SMILES string of the molecule is CC[C@H](C)[C@H](NS(=O)(=O)N(CC)CCC#N)C(=O)O. The number of carboxylic acid groups (broad SMARTS) is 1. The fourth-order valence-corrected chi connectivity index (χ4v) is 2.98. The van der Waals surface area contributed by atoms with E-state index in [-0.39, 0.29) is 25.4 Å². The van der Waals surface area contributed by atoms with Gasteiger partial charge < -0.3 is 5.11 Å². The second-order valence-corrected chi connectivity index (χ2v) is 5.93. The van der Waals surface area contributed by atoms with Gasteiger partial charge >= 0.3 is 5.97 Å². The molecule has 0 spiro atoms. The molecule has 0 bridgehead atoms. The van der Waals surface area contributed by atoms with E-state index >= 15 is 0 Å². The van der Waals surface area contributed by atoms with Gasteiger partial charge in [0.25, 0.3) is 10.2 Å². The molecule has 0 amide bonds. The topological polar surface area (TPSA) is 111 Å². The van der Waals surface area contributed by atoms with E-state index in [1.165, 1.54) is 0 Å². The zero-order valence-corrected chi connectivity index (χ0v) is 12.3. The van der Waals surface area contributed by atoms with E-state index in [9.17, 15) is 13.2 Å². The van der Waals surface area contributed by atoms with E-state index in [2.05, 4.69) is 4.72 Å². The smallest absolute Gasteiger partial charge is 0.322 e. The maximum absolute atomic E-state index is 12.0. The second-order valence-electron chi connectivity index (χ2n) is 4.22. The molecule has 19 heavy (non-hydrogen) atoms. The summed E-state index contributed by atoms with van der Waals surface area (Å²) in [5.41, 5.74) is 0. The third-order valence-electron chi connectivity index (χ3n) is 2.92. The highest BCUT2D eigenvalue weighted by molar-refractivity contribution is 7.87. The third kappa shape index (κ3) is 5.55. The summed E-state index contributed by atoms with van der Waals surface area (Å²) in [5.74, 6) is -1.52. The van der Waals surface area contributed by atoms with Crippen LogP contribution in [0.5, 0.6) is 0 Å². The average Bonchev–Trinajstić information content (AvgIpc) is 2.35. The van der Waals surface area contributed by atoms with Crippen molar-refractivity contribution in [2.75, 3.05) is 13.1 Å². The van der Waals surface area contributed by atoms with Crippen molar-refractivity contribution in [1.82, 2.24) is 9.03 Å². The van der Waals surface area contributed by atoms with Crippen molar-refractivity contribution in [2.24, 2.45) is 5.92 Å². The molecule has 0 heterocycles. The minimum atomic E-state index is -3.89. The molecule has 0 aromatic heterocycles. The number of hydrogen-bond donors (Lipinski definition) is 2. The molecule has 0 saturated heterocycles. The molecule has 0 aliphatic heterocycles. The van der Waals surface area contributed by atoms with Crippen LogP contribution in [0.15, 0.2) is 0 Å². The summed E-state index contributed by atoms with van der Waals surface area (Å²) < 4.78 is 27.3. The van der Waals surface area contributed by atoms with Crippen LogP contribution in [0.4, 0.5) is 0 Å². The lowest BCUT2D eigenvalue weighted by atomic mass is 10.0. The largest absolute Gasteiger partial charge is 0.480 e. The number of nitriles is 1. The Bertz CT molecular complexity index is 430. The summed E-state index contributed by atoms with van der Waals surface area (Å²) in [6, 6.07) is 0.703. The van der Waals surface area contributed by atoms with Gasteiger partial charge in [-0.05, 0) is 5.92 Å². The summed E-state index contributed by atoms with van der Waals surface area (Å²) in [4.78, 5) is 11.1. The van der Waals surface area contributed by atoms with Gasteiger partial charge in [-0.1, -0.05) is 27.2 Å². The van der Waals surface area contributed by atoms with E-state index in [0.717, 1.165) is 4.31 Å². The molecule has 2 atom stereocenters. The van der Waals surface area contributed by atoms with Crippen LogP contribution in [-0.4, -0.2) is 42.9 Å². The summed E-state index contributed by atoms with van der Waals surface area (Å²) in [6.07, 6.45) is 0.611. The molecule has 0 fully saturated rings. The molecule has 110 valence electrons. The van der Waals surface area contributed by atoms with Gasteiger partial charge in [-0.25, -0.2) is 0 Å². The number of nitrogens with zero attached hydrogens (tertiary/aromatic N) is 2. The Kier molecular flexibility index (Phi) is 7.59. The first-order valence-corrected chi connectivity index (χ1v) is 7.61. The highest BCUT2D eigenvalue weighted by Crippen LogP contribution is 2.11. The van der Waals surface area contributed by atoms with Crippen LogP contribution in [0.2, 0.25) is 0 Å². The van der Waals surface area contributed by atoms with Crippen molar-refractivity contribution in [3.63, 3.8) is 0 Å². The minimum Gasteiger partial charge on any atom is -0.480 e. The summed E-state index contributed by atoms with van der Waals surface area (Å²) >= 11 is 0. The first kappa shape index (κ1) is 17.8. The van der Waals surface area contributed by atoms with Crippen molar-refractivity contribution >= 4 is 16.2 Å². The molecule has 0 saturated carbocycles. The zero-order chi connectivity index (χ0) is 15.1. The number of nitrogens with one attached hydrogen (secondary N) is 1. The molecule has 0 aromatic rings. The van der Waals surface area contributed by atoms with Gasteiger partial charge in [0.15, 0.2) is 0 Å². The fraction of sp³-hybridized carbons (Fsp3) is 0.818. The van der Waals surface area contributed by atoms with Gasteiger partial charge in [-0.3, -0.25) is 4.79 Å². The lowest BCUT2D eigenvalue weighted by Gasteiger charge is -2.25. The highest BCUT2D eigenvalue weighted by atomic mass is 32.2. The van der Waals surface area contributed by atoms with Crippen molar-refractivity contribution in [3.8, 4) is 6.07 Å². The number of carboxylic acids is 1. The van der Waals surface area contributed by atoms with Gasteiger partial charge in [0.2, 0.25) is 0 Å². The molecule has 0 aliphatic carbocycles. The third-order valence-corrected chi connectivity index (χ3v) is 4.59. The van der Waals surface area contributed by atoms with Crippen LogP contribution in [0.1, 0.15) is 33.6 Å². The minimum absolute atomic E-state index is 0.0508. The zero-order valence-electron chi connectivity index (χ0n) is 11.5. The first-order chi connectivity index (χ1) is 8.80. The lowest BCUT2D eigenvalue weighted by molar-refractivity contribution is -0.140. The number of rotatable bonds is 9. The second kappa shape index (κ2) is 8.09. The first-order valence-electron chi connectivity index (χ1n) is 6.17. The molecule has 0 aromatic carbocycles. The molecule has 2 N–H and O–H groups in total. The maximum Gasteiger partial charge on any atom is 0.322 e. The molecular weight excluding hydrogens is 270 g/mol. The molecule has 0 rings (SSSR count). The van der Waals surface area contributed by atoms with Gasteiger partial charge in [0.1, 0.15) is 6.04 Å². The normalized spacial score (nSPS) is 14.9. The van der Waals surface area contributed by atoms with E-state index in [1.54, 1.807) is 20.8 Å². The molecule has 0 aliphatic rings. The van der Waals surface area contributed by atoms with Gasteiger partial charge in [0.05, 0.1) is 6.07 Å². The van der Waals surface area contributed by atoms with Crippen molar-refractivity contribution in [2.45, 2.75) is 39.7 Å². The molecule has 7 nitrogen and oxygen atoms in total. The van der Waals surface area contributed by atoms with Crippen LogP contribution in [0.3, 0.4) is 0 Å². The Morgan fingerprint density at radius 3 is 2.42 bits per heavy atom. The van der Waals surface area contributed by atoms with E-state index in [1.807, 2.05) is 6.07 Å². The molecule has 8 heteroatoms. The Labute approximate surface area is 114 Å². The predicted octanol–water partition coefficient (Wildman–Crippen LogP) is 0.556. The Hall–Kier alpha value is -1.17. The van der Waals surface area contributed by atoms with Crippen LogP contribution in [0, 0.1) is 17.2 Å². The predicted molar refractivity (Wildman–Crippen MR) is 70.4 cm³/mol. The van der Waals surface area contributed by atoms with E-state index < -0.39 is 22.2 Å². The Morgan fingerprint density at radius 1 is 1.47 bits per heavy atom. The van der Waals surface area contributed by atoms with Crippen molar-refractivity contribution < 1.29 is 18.3 Å². The standard InChI is InChI=1S/C11H21N3O4S/c1-4-9(3)10(11(15)16)13-19(17,18)14(5-2)8-6-7-12/h9-10,13H,4-6,8H2,1-3H3,(H,15,16)/t9-,10-/m0/s1. The van der Waals surface area contributed by atoms with E-state index in [0.29, 0.717) is 6.42 Å². The molecular formula is C11H21N3O4S. The highest BCUT2D eigenvalue weighted by Gasteiger charge is 2.31.